The van der Waals surface area contributed by atoms with E-state index in [1.807, 2.05) is 13.0 Å². The topological polar surface area (TPSA) is 76.2 Å². The smallest absolute Gasteiger partial charge is 0.349 e. The summed E-state index contributed by atoms with van der Waals surface area (Å²) < 4.78 is 5.27. The molecule has 0 saturated carbocycles. The van der Waals surface area contributed by atoms with Gasteiger partial charge >= 0.3 is 5.97 Å². The van der Waals surface area contributed by atoms with Crippen molar-refractivity contribution >= 4 is 28.9 Å². The monoisotopic (exact) mass is 333 g/mol. The van der Waals surface area contributed by atoms with Gasteiger partial charge in [-0.15, -0.1) is 11.3 Å². The summed E-state index contributed by atoms with van der Waals surface area (Å²) >= 11 is 1.28. The molecule has 5 nitrogen and oxygen atoms in total. The summed E-state index contributed by atoms with van der Waals surface area (Å²) in [5, 5.41) is 1.80. The van der Waals surface area contributed by atoms with Crippen LogP contribution >= 0.6 is 11.3 Å². The van der Waals surface area contributed by atoms with Crippen molar-refractivity contribution in [3.05, 3.63) is 44.4 Å². The molecule has 0 unspecified atom stereocenters. The molecule has 0 aliphatic rings. The molecule has 2 heterocycles. The highest BCUT2D eigenvalue weighted by Crippen LogP contribution is 2.22. The number of hydrogen-bond acceptors (Lipinski definition) is 5. The molecule has 0 radical (unpaired) electrons. The van der Waals surface area contributed by atoms with Crippen LogP contribution in [0.5, 0.6) is 0 Å². The van der Waals surface area contributed by atoms with Gasteiger partial charge in [-0.25, -0.2) is 4.79 Å². The molecule has 0 aliphatic carbocycles. The average Bonchev–Trinajstić information content (AvgIpc) is 3.01. The van der Waals surface area contributed by atoms with Gasteiger partial charge in [0.05, 0.1) is 5.69 Å². The highest BCUT2D eigenvalue weighted by Gasteiger charge is 2.26. The van der Waals surface area contributed by atoms with Gasteiger partial charge in [-0.05, 0) is 57.2 Å². The quantitative estimate of drug-likeness (QED) is 0.669. The predicted octanol–water partition coefficient (Wildman–Crippen LogP) is 3.63. The van der Waals surface area contributed by atoms with Gasteiger partial charge in [-0.3, -0.25) is 9.59 Å². The predicted molar refractivity (Wildman–Crippen MR) is 88.5 cm³/mol. The SMILES string of the molecule is CC(=O)c1c(C)[nH]c(C(=O)[C@H](C)OC(=O)c2sccc2C)c1C. The van der Waals surface area contributed by atoms with Crippen LogP contribution in [0.2, 0.25) is 0 Å². The summed E-state index contributed by atoms with van der Waals surface area (Å²) in [4.78, 5) is 39.7. The lowest BCUT2D eigenvalue weighted by Gasteiger charge is -2.12. The van der Waals surface area contributed by atoms with Gasteiger partial charge in [-0.2, -0.15) is 0 Å². The van der Waals surface area contributed by atoms with Crippen LogP contribution < -0.4 is 0 Å². The number of aromatic nitrogens is 1. The maximum Gasteiger partial charge on any atom is 0.349 e. The first-order valence-corrected chi connectivity index (χ1v) is 8.11. The molecule has 0 aromatic carbocycles. The molecule has 2 aromatic heterocycles. The minimum absolute atomic E-state index is 0.103. The lowest BCUT2D eigenvalue weighted by Crippen LogP contribution is -2.25. The number of aromatic amines is 1. The number of ether oxygens (including phenoxy) is 1. The van der Waals surface area contributed by atoms with Crippen molar-refractivity contribution in [1.29, 1.82) is 0 Å². The first-order valence-electron chi connectivity index (χ1n) is 7.23. The molecular weight excluding hydrogens is 314 g/mol. The van der Waals surface area contributed by atoms with Crippen LogP contribution in [0, 0.1) is 20.8 Å². The second kappa shape index (κ2) is 6.50. The molecule has 0 aliphatic heterocycles. The standard InChI is InChI=1S/C17H19NO4S/c1-8-6-7-23-16(8)17(21)22-12(5)15(20)14-9(2)13(11(4)19)10(3)18-14/h6-7,12,18H,1-5H3/t12-/m0/s1. The average molecular weight is 333 g/mol. The van der Waals surface area contributed by atoms with Gasteiger partial charge in [0.1, 0.15) is 4.88 Å². The van der Waals surface area contributed by atoms with E-state index in [-0.39, 0.29) is 11.6 Å². The zero-order valence-corrected chi connectivity index (χ0v) is 14.6. The van der Waals surface area contributed by atoms with Crippen molar-refractivity contribution in [3.63, 3.8) is 0 Å². The Balaban J connectivity index is 2.21. The molecule has 1 N–H and O–H groups in total. The Labute approximate surface area is 138 Å². The van der Waals surface area contributed by atoms with Crippen LogP contribution in [-0.2, 0) is 4.74 Å². The van der Waals surface area contributed by atoms with Crippen molar-refractivity contribution in [2.45, 2.75) is 40.7 Å². The largest absolute Gasteiger partial charge is 0.450 e. The fraction of sp³-hybridized carbons (Fsp3) is 0.353. The number of H-pyrrole nitrogens is 1. The second-order valence-corrected chi connectivity index (χ2v) is 6.44. The number of carbonyl (C=O) groups is 3. The van der Waals surface area contributed by atoms with Gasteiger partial charge < -0.3 is 9.72 Å². The van der Waals surface area contributed by atoms with E-state index in [4.69, 9.17) is 4.74 Å². The van der Waals surface area contributed by atoms with Crippen LogP contribution in [0.4, 0.5) is 0 Å². The Morgan fingerprint density at radius 1 is 1.22 bits per heavy atom. The minimum Gasteiger partial charge on any atom is -0.450 e. The van der Waals surface area contributed by atoms with Crippen molar-refractivity contribution in [2.75, 3.05) is 0 Å². The molecule has 1 atom stereocenters. The van der Waals surface area contributed by atoms with E-state index in [0.717, 1.165) is 5.56 Å². The van der Waals surface area contributed by atoms with Gasteiger partial charge in [0.25, 0.3) is 0 Å². The van der Waals surface area contributed by atoms with E-state index in [2.05, 4.69) is 4.98 Å². The molecule has 23 heavy (non-hydrogen) atoms. The Morgan fingerprint density at radius 2 is 1.87 bits per heavy atom. The van der Waals surface area contributed by atoms with Crippen LogP contribution in [0.1, 0.15) is 61.2 Å². The van der Waals surface area contributed by atoms with E-state index in [9.17, 15) is 14.4 Å². The summed E-state index contributed by atoms with van der Waals surface area (Å²) in [6, 6.07) is 1.82. The fourth-order valence-corrected chi connectivity index (χ4v) is 3.38. The van der Waals surface area contributed by atoms with Crippen molar-refractivity contribution in [2.24, 2.45) is 0 Å². The van der Waals surface area contributed by atoms with E-state index >= 15 is 0 Å². The van der Waals surface area contributed by atoms with Crippen LogP contribution in [0.25, 0.3) is 0 Å². The lowest BCUT2D eigenvalue weighted by atomic mass is 10.0. The third-order valence-electron chi connectivity index (χ3n) is 3.74. The minimum atomic E-state index is -0.930. The molecule has 0 saturated heterocycles. The summed E-state index contributed by atoms with van der Waals surface area (Å²) in [6.07, 6.45) is -0.930. The number of ketones is 2. The van der Waals surface area contributed by atoms with Crippen LogP contribution in [0.15, 0.2) is 11.4 Å². The number of nitrogens with one attached hydrogen (secondary N) is 1. The summed E-state index contributed by atoms with van der Waals surface area (Å²) in [5.74, 6) is -0.958. The number of hydrogen-bond donors (Lipinski definition) is 1. The van der Waals surface area contributed by atoms with Crippen LogP contribution in [0.3, 0.4) is 0 Å². The van der Waals surface area contributed by atoms with E-state index in [1.54, 1.807) is 19.2 Å². The Morgan fingerprint density at radius 3 is 2.35 bits per heavy atom. The molecule has 2 rings (SSSR count). The zero-order chi connectivity index (χ0) is 17.3. The summed E-state index contributed by atoms with van der Waals surface area (Å²) in [6.45, 7) is 8.27. The third kappa shape index (κ3) is 3.27. The number of esters is 1. The molecule has 0 fully saturated rings. The molecule has 0 spiro atoms. The van der Waals surface area contributed by atoms with Crippen molar-refractivity contribution < 1.29 is 19.1 Å². The zero-order valence-electron chi connectivity index (χ0n) is 13.8. The van der Waals surface area contributed by atoms with Crippen molar-refractivity contribution in [1.82, 2.24) is 4.98 Å². The van der Waals surface area contributed by atoms with Gasteiger partial charge in [0, 0.05) is 11.3 Å². The fourth-order valence-electron chi connectivity index (χ4n) is 2.58. The second-order valence-electron chi connectivity index (χ2n) is 5.53. The summed E-state index contributed by atoms with van der Waals surface area (Å²) in [7, 11) is 0. The van der Waals surface area contributed by atoms with Crippen LogP contribution in [-0.4, -0.2) is 28.6 Å². The number of thiophene rings is 1. The molecular formula is C17H19NO4S. The highest BCUT2D eigenvalue weighted by atomic mass is 32.1. The Kier molecular flexibility index (Phi) is 4.85. The lowest BCUT2D eigenvalue weighted by molar-refractivity contribution is 0.0321. The first kappa shape index (κ1) is 17.1. The van der Waals surface area contributed by atoms with Gasteiger partial charge in [-0.1, -0.05) is 0 Å². The van der Waals surface area contributed by atoms with E-state index in [1.165, 1.54) is 25.2 Å². The molecule has 2 aromatic rings. The molecule has 122 valence electrons. The van der Waals surface area contributed by atoms with Gasteiger partial charge in [0.15, 0.2) is 11.9 Å². The third-order valence-corrected chi connectivity index (χ3v) is 4.73. The van der Waals surface area contributed by atoms with E-state index < -0.39 is 12.1 Å². The summed E-state index contributed by atoms with van der Waals surface area (Å²) in [5.41, 5.74) is 2.89. The number of aryl methyl sites for hydroxylation is 2. The van der Waals surface area contributed by atoms with E-state index in [0.29, 0.717) is 27.4 Å². The maximum absolute atomic E-state index is 12.5. The normalized spacial score (nSPS) is 12.0. The Bertz CT molecular complexity index is 785. The highest BCUT2D eigenvalue weighted by molar-refractivity contribution is 7.12. The molecule has 6 heteroatoms. The molecule has 0 bridgehead atoms. The maximum atomic E-state index is 12.5. The molecule has 0 amide bonds. The number of rotatable bonds is 5. The number of Topliss-reactive ketones (excluding diaryl/α,β-unsaturated/α-hetero) is 2. The van der Waals surface area contributed by atoms with Crippen molar-refractivity contribution in [3.8, 4) is 0 Å². The Hall–Kier alpha value is -2.21. The van der Waals surface area contributed by atoms with Gasteiger partial charge in [0.2, 0.25) is 5.78 Å². The first-order chi connectivity index (χ1) is 10.7. The number of carbonyl (C=O) groups excluding carboxylic acids is 3.